The summed E-state index contributed by atoms with van der Waals surface area (Å²) in [6, 6.07) is 0. The first kappa shape index (κ1) is 14.2. The molecule has 0 saturated carbocycles. The van der Waals surface area contributed by atoms with Crippen molar-refractivity contribution in [2.45, 2.75) is 46.1 Å². The first-order valence-corrected chi connectivity index (χ1v) is 5.39. The Morgan fingerprint density at radius 2 is 2.13 bits per heavy atom. The first-order chi connectivity index (χ1) is 6.94. The fourth-order valence-electron chi connectivity index (χ4n) is 1.23. The average Bonchev–Trinajstić information content (AvgIpc) is 2.22. The van der Waals surface area contributed by atoms with Crippen molar-refractivity contribution in [3.63, 3.8) is 0 Å². The lowest BCUT2D eigenvalue weighted by atomic mass is 9.83. The van der Waals surface area contributed by atoms with E-state index in [-0.39, 0.29) is 11.4 Å². The topological polar surface area (TPSA) is 46.5 Å². The highest BCUT2D eigenvalue weighted by atomic mass is 16.5. The summed E-state index contributed by atoms with van der Waals surface area (Å²) in [6.07, 6.45) is 5.48. The van der Waals surface area contributed by atoms with E-state index in [1.165, 1.54) is 13.2 Å². The van der Waals surface area contributed by atoms with Gasteiger partial charge in [-0.3, -0.25) is 0 Å². The smallest absolute Gasteiger partial charge is 0.330 e. The molecule has 0 aliphatic heterocycles. The lowest BCUT2D eigenvalue weighted by molar-refractivity contribution is -0.134. The second kappa shape index (κ2) is 6.62. The number of ether oxygens (including phenoxy) is 1. The molecule has 88 valence electrons. The SMILES string of the molecule is CCCCC(O)C(C)(C)/C=C/C(=O)OC. The molecule has 1 unspecified atom stereocenters. The third kappa shape index (κ3) is 5.57. The summed E-state index contributed by atoms with van der Waals surface area (Å²) in [6.45, 7) is 5.91. The van der Waals surface area contributed by atoms with Gasteiger partial charge >= 0.3 is 5.97 Å². The van der Waals surface area contributed by atoms with Crippen LogP contribution in [0.4, 0.5) is 0 Å². The Labute approximate surface area is 92.1 Å². The molecule has 0 heterocycles. The van der Waals surface area contributed by atoms with Gasteiger partial charge in [0.05, 0.1) is 13.2 Å². The lowest BCUT2D eigenvalue weighted by Gasteiger charge is -2.27. The zero-order valence-electron chi connectivity index (χ0n) is 10.1. The van der Waals surface area contributed by atoms with E-state index < -0.39 is 6.10 Å². The van der Waals surface area contributed by atoms with Crippen LogP contribution in [0.1, 0.15) is 40.0 Å². The summed E-state index contributed by atoms with van der Waals surface area (Å²) in [5, 5.41) is 9.89. The average molecular weight is 214 g/mol. The van der Waals surface area contributed by atoms with Crippen LogP contribution in [0, 0.1) is 5.41 Å². The highest BCUT2D eigenvalue weighted by Gasteiger charge is 2.24. The first-order valence-electron chi connectivity index (χ1n) is 5.39. The van der Waals surface area contributed by atoms with Gasteiger partial charge in [-0.25, -0.2) is 4.79 Å². The number of rotatable bonds is 6. The molecular formula is C12H22O3. The predicted molar refractivity (Wildman–Crippen MR) is 60.5 cm³/mol. The van der Waals surface area contributed by atoms with Crippen LogP contribution in [0.25, 0.3) is 0 Å². The van der Waals surface area contributed by atoms with E-state index in [4.69, 9.17) is 0 Å². The van der Waals surface area contributed by atoms with E-state index in [1.54, 1.807) is 6.08 Å². The van der Waals surface area contributed by atoms with Gasteiger partial charge in [0.25, 0.3) is 0 Å². The number of aliphatic hydroxyl groups excluding tert-OH is 1. The second-order valence-electron chi connectivity index (χ2n) is 4.34. The molecule has 0 fully saturated rings. The molecule has 0 saturated heterocycles. The van der Waals surface area contributed by atoms with Crippen molar-refractivity contribution in [2.24, 2.45) is 5.41 Å². The van der Waals surface area contributed by atoms with Crippen LogP contribution in [-0.4, -0.2) is 24.3 Å². The fourth-order valence-corrected chi connectivity index (χ4v) is 1.23. The number of hydrogen-bond donors (Lipinski definition) is 1. The van der Waals surface area contributed by atoms with Gasteiger partial charge in [0.1, 0.15) is 0 Å². The van der Waals surface area contributed by atoms with Gasteiger partial charge in [0.15, 0.2) is 0 Å². The summed E-state index contributed by atoms with van der Waals surface area (Å²) < 4.78 is 4.50. The van der Waals surface area contributed by atoms with Crippen LogP contribution < -0.4 is 0 Å². The van der Waals surface area contributed by atoms with Crippen LogP contribution in [0.2, 0.25) is 0 Å². The van der Waals surface area contributed by atoms with Crippen molar-refractivity contribution >= 4 is 5.97 Å². The summed E-state index contributed by atoms with van der Waals surface area (Å²) in [5.41, 5.74) is -0.386. The molecule has 0 radical (unpaired) electrons. The molecule has 0 aromatic rings. The maximum absolute atomic E-state index is 10.9. The van der Waals surface area contributed by atoms with Gasteiger partial charge in [-0.2, -0.15) is 0 Å². The maximum Gasteiger partial charge on any atom is 0.330 e. The zero-order chi connectivity index (χ0) is 11.9. The van der Waals surface area contributed by atoms with Crippen molar-refractivity contribution in [2.75, 3.05) is 7.11 Å². The highest BCUT2D eigenvalue weighted by Crippen LogP contribution is 2.26. The Morgan fingerprint density at radius 1 is 1.53 bits per heavy atom. The third-order valence-electron chi connectivity index (χ3n) is 2.54. The Morgan fingerprint density at radius 3 is 2.60 bits per heavy atom. The summed E-state index contributed by atoms with van der Waals surface area (Å²) in [7, 11) is 1.34. The molecule has 3 nitrogen and oxygen atoms in total. The van der Waals surface area contributed by atoms with E-state index in [0.29, 0.717) is 0 Å². The van der Waals surface area contributed by atoms with Crippen LogP contribution in [0.15, 0.2) is 12.2 Å². The summed E-state index contributed by atoms with van der Waals surface area (Å²) >= 11 is 0. The molecule has 0 bridgehead atoms. The fraction of sp³-hybridized carbons (Fsp3) is 0.750. The predicted octanol–water partition coefficient (Wildman–Crippen LogP) is 2.29. The number of methoxy groups -OCH3 is 1. The number of carbonyl (C=O) groups is 1. The Hall–Kier alpha value is -0.830. The van der Waals surface area contributed by atoms with Gasteiger partial charge in [0.2, 0.25) is 0 Å². The Bertz CT molecular complexity index is 219. The van der Waals surface area contributed by atoms with Crippen LogP contribution in [0.3, 0.4) is 0 Å². The summed E-state index contributed by atoms with van der Waals surface area (Å²) in [4.78, 5) is 10.9. The number of hydrogen-bond acceptors (Lipinski definition) is 3. The molecule has 0 rings (SSSR count). The molecule has 0 amide bonds. The molecular weight excluding hydrogens is 192 g/mol. The maximum atomic E-state index is 10.9. The van der Waals surface area contributed by atoms with Gasteiger partial charge in [-0.05, 0) is 6.42 Å². The monoisotopic (exact) mass is 214 g/mol. The molecule has 0 aliphatic rings. The van der Waals surface area contributed by atoms with E-state index in [2.05, 4.69) is 11.7 Å². The zero-order valence-corrected chi connectivity index (χ0v) is 10.1. The van der Waals surface area contributed by atoms with Crippen molar-refractivity contribution in [1.82, 2.24) is 0 Å². The molecule has 0 spiro atoms. The van der Waals surface area contributed by atoms with Crippen molar-refractivity contribution in [1.29, 1.82) is 0 Å². The normalized spacial score (nSPS) is 14.2. The third-order valence-corrected chi connectivity index (χ3v) is 2.54. The molecule has 1 atom stereocenters. The molecule has 0 aliphatic carbocycles. The number of esters is 1. The van der Waals surface area contributed by atoms with Gasteiger partial charge in [-0.15, -0.1) is 0 Å². The van der Waals surface area contributed by atoms with E-state index >= 15 is 0 Å². The number of aliphatic hydroxyl groups is 1. The van der Waals surface area contributed by atoms with E-state index in [9.17, 15) is 9.90 Å². The van der Waals surface area contributed by atoms with E-state index in [1.807, 2.05) is 13.8 Å². The quantitative estimate of drug-likeness (QED) is 0.545. The molecule has 3 heteroatoms. The largest absolute Gasteiger partial charge is 0.466 e. The number of carbonyl (C=O) groups excluding carboxylic acids is 1. The second-order valence-corrected chi connectivity index (χ2v) is 4.34. The van der Waals surface area contributed by atoms with E-state index in [0.717, 1.165) is 19.3 Å². The minimum atomic E-state index is -0.418. The Kier molecular flexibility index (Phi) is 6.25. The molecule has 0 aromatic carbocycles. The summed E-state index contributed by atoms with van der Waals surface area (Å²) in [5.74, 6) is -0.384. The minimum Gasteiger partial charge on any atom is -0.466 e. The molecule has 15 heavy (non-hydrogen) atoms. The van der Waals surface area contributed by atoms with Crippen LogP contribution >= 0.6 is 0 Å². The minimum absolute atomic E-state index is 0.384. The Balaban J connectivity index is 4.26. The van der Waals surface area contributed by atoms with Gasteiger partial charge < -0.3 is 9.84 Å². The standard InChI is InChI=1S/C12H22O3/c1-5-6-7-10(13)12(2,3)9-8-11(14)15-4/h8-10,13H,5-7H2,1-4H3/b9-8+. The molecule has 1 N–H and O–H groups in total. The van der Waals surface area contributed by atoms with Crippen LogP contribution in [0.5, 0.6) is 0 Å². The molecule has 0 aromatic heterocycles. The van der Waals surface area contributed by atoms with Crippen molar-refractivity contribution in [3.05, 3.63) is 12.2 Å². The van der Waals surface area contributed by atoms with Gasteiger partial charge in [0, 0.05) is 11.5 Å². The highest BCUT2D eigenvalue weighted by molar-refractivity contribution is 5.81. The van der Waals surface area contributed by atoms with Gasteiger partial charge in [-0.1, -0.05) is 39.7 Å². The van der Waals surface area contributed by atoms with Crippen molar-refractivity contribution in [3.8, 4) is 0 Å². The van der Waals surface area contributed by atoms with Crippen LogP contribution in [-0.2, 0) is 9.53 Å². The lowest BCUT2D eigenvalue weighted by Crippen LogP contribution is -2.27. The van der Waals surface area contributed by atoms with Crippen molar-refractivity contribution < 1.29 is 14.6 Å². The number of unbranched alkanes of at least 4 members (excludes halogenated alkanes) is 1.